The highest BCUT2D eigenvalue weighted by molar-refractivity contribution is 6.40. The lowest BCUT2D eigenvalue weighted by Crippen LogP contribution is -2.24. The number of phenolic OH excluding ortho intramolecular Hbond substituents is 1. The Kier molecular flexibility index (Phi) is 3.69. The molecule has 2 aromatic carbocycles. The molecule has 0 aliphatic carbocycles. The summed E-state index contributed by atoms with van der Waals surface area (Å²) in [6.45, 7) is 0.331. The lowest BCUT2D eigenvalue weighted by atomic mass is 9.99. The zero-order chi connectivity index (χ0) is 15.1. The van der Waals surface area contributed by atoms with E-state index in [0.29, 0.717) is 34.9 Å². The number of fused-ring (bicyclic) bond motifs is 1. The van der Waals surface area contributed by atoms with Crippen LogP contribution < -0.4 is 10.5 Å². The Morgan fingerprint density at radius 3 is 2.81 bits per heavy atom. The van der Waals surface area contributed by atoms with Crippen LogP contribution in [0.2, 0.25) is 10.0 Å². The molecule has 0 spiro atoms. The van der Waals surface area contributed by atoms with Crippen LogP contribution in [0.15, 0.2) is 24.3 Å². The molecule has 0 bridgehead atoms. The van der Waals surface area contributed by atoms with Gasteiger partial charge in [-0.2, -0.15) is 0 Å². The molecule has 0 aromatic heterocycles. The molecule has 0 saturated heterocycles. The first-order valence-corrected chi connectivity index (χ1v) is 7.13. The molecular weight excluding hydrogens is 316 g/mol. The fraction of sp³-hybridized carbons (Fsp3) is 0.200. The number of aromatic hydroxyl groups is 1. The highest BCUT2D eigenvalue weighted by atomic mass is 35.5. The molecule has 0 radical (unpaired) electrons. The number of ether oxygens (including phenoxy) is 1. The van der Waals surface area contributed by atoms with Crippen molar-refractivity contribution in [2.45, 2.75) is 12.5 Å². The van der Waals surface area contributed by atoms with E-state index >= 15 is 0 Å². The minimum atomic E-state index is -0.416. The fourth-order valence-corrected chi connectivity index (χ4v) is 3.07. The quantitative estimate of drug-likeness (QED) is 0.882. The summed E-state index contributed by atoms with van der Waals surface area (Å²) in [6.07, 6.45) is 0.334. The molecule has 21 heavy (non-hydrogen) atoms. The van der Waals surface area contributed by atoms with Gasteiger partial charge in [0.05, 0.1) is 10.0 Å². The van der Waals surface area contributed by atoms with Gasteiger partial charge in [-0.25, -0.2) is 4.39 Å². The molecule has 1 atom stereocenters. The summed E-state index contributed by atoms with van der Waals surface area (Å²) in [5.41, 5.74) is 7.11. The van der Waals surface area contributed by atoms with E-state index in [1.165, 1.54) is 24.3 Å². The normalized spacial score (nSPS) is 16.7. The van der Waals surface area contributed by atoms with Crippen molar-refractivity contribution in [3.05, 3.63) is 45.7 Å². The third kappa shape index (κ3) is 2.44. The zero-order valence-electron chi connectivity index (χ0n) is 10.9. The molecule has 6 heteroatoms. The van der Waals surface area contributed by atoms with Crippen LogP contribution in [0, 0.1) is 5.82 Å². The first-order chi connectivity index (χ1) is 10.0. The number of phenols is 1. The van der Waals surface area contributed by atoms with Crippen molar-refractivity contribution < 1.29 is 14.2 Å². The van der Waals surface area contributed by atoms with E-state index in [9.17, 15) is 9.50 Å². The topological polar surface area (TPSA) is 55.5 Å². The average Bonchev–Trinajstić information content (AvgIpc) is 2.86. The van der Waals surface area contributed by atoms with Gasteiger partial charge in [0.15, 0.2) is 0 Å². The molecule has 110 valence electrons. The van der Waals surface area contributed by atoms with Gasteiger partial charge in [0.25, 0.3) is 0 Å². The van der Waals surface area contributed by atoms with Crippen LogP contribution in [0.3, 0.4) is 0 Å². The van der Waals surface area contributed by atoms with E-state index in [-0.39, 0.29) is 16.9 Å². The van der Waals surface area contributed by atoms with E-state index in [4.69, 9.17) is 33.7 Å². The first kappa shape index (κ1) is 14.4. The van der Waals surface area contributed by atoms with Crippen molar-refractivity contribution in [3.63, 3.8) is 0 Å². The van der Waals surface area contributed by atoms with Crippen molar-refractivity contribution in [1.82, 2.24) is 0 Å². The number of halogens is 3. The smallest absolute Gasteiger partial charge is 0.134 e. The second-order valence-corrected chi connectivity index (χ2v) is 5.66. The van der Waals surface area contributed by atoms with Crippen molar-refractivity contribution in [3.8, 4) is 22.6 Å². The third-order valence-corrected chi connectivity index (χ3v) is 4.16. The monoisotopic (exact) mass is 327 g/mol. The number of benzene rings is 2. The van der Waals surface area contributed by atoms with Gasteiger partial charge >= 0.3 is 0 Å². The van der Waals surface area contributed by atoms with Gasteiger partial charge < -0.3 is 15.6 Å². The van der Waals surface area contributed by atoms with E-state index in [1.807, 2.05) is 0 Å². The van der Waals surface area contributed by atoms with Gasteiger partial charge in [-0.1, -0.05) is 23.2 Å². The summed E-state index contributed by atoms with van der Waals surface area (Å²) in [5.74, 6) is -0.0239. The van der Waals surface area contributed by atoms with Crippen LogP contribution in [0.1, 0.15) is 5.56 Å². The molecule has 3 rings (SSSR count). The van der Waals surface area contributed by atoms with Crippen LogP contribution in [0.25, 0.3) is 11.1 Å². The molecule has 2 aromatic rings. The molecule has 3 nitrogen and oxygen atoms in total. The summed E-state index contributed by atoms with van der Waals surface area (Å²) in [4.78, 5) is 0. The highest BCUT2D eigenvalue weighted by Crippen LogP contribution is 2.47. The van der Waals surface area contributed by atoms with E-state index in [1.54, 1.807) is 0 Å². The molecule has 1 aliphatic heterocycles. The lowest BCUT2D eigenvalue weighted by molar-refractivity contribution is 0.242. The Morgan fingerprint density at radius 1 is 1.33 bits per heavy atom. The van der Waals surface area contributed by atoms with Gasteiger partial charge in [0.1, 0.15) is 23.4 Å². The fourth-order valence-electron chi connectivity index (χ4n) is 2.50. The predicted octanol–water partition coefficient (Wildman–Crippen LogP) is 3.77. The Labute approximate surface area is 131 Å². The standard InChI is InChI=1S/C15H12Cl2FNO2/c16-11-1-2-12(20)14(17)13(11)10-5-8(18)3-7-4-9(6-19)21-15(7)10/h1-3,5,9,20H,4,6,19H2. The van der Waals surface area contributed by atoms with Crippen LogP contribution in [0.5, 0.6) is 11.5 Å². The second-order valence-electron chi connectivity index (χ2n) is 4.88. The molecule has 1 heterocycles. The molecular formula is C15H12Cl2FNO2. The molecule has 1 unspecified atom stereocenters. The summed E-state index contributed by atoms with van der Waals surface area (Å²) in [7, 11) is 0. The second kappa shape index (κ2) is 5.37. The molecule has 0 saturated carbocycles. The van der Waals surface area contributed by atoms with Gasteiger partial charge in [0.2, 0.25) is 0 Å². The Morgan fingerprint density at radius 2 is 2.10 bits per heavy atom. The maximum atomic E-state index is 13.9. The van der Waals surface area contributed by atoms with Crippen molar-refractivity contribution >= 4 is 23.2 Å². The van der Waals surface area contributed by atoms with Gasteiger partial charge in [-0.05, 0) is 24.3 Å². The lowest BCUT2D eigenvalue weighted by Gasteiger charge is -2.14. The van der Waals surface area contributed by atoms with Crippen molar-refractivity contribution in [2.75, 3.05) is 6.54 Å². The van der Waals surface area contributed by atoms with E-state index in [2.05, 4.69) is 0 Å². The summed E-state index contributed by atoms with van der Waals surface area (Å²) < 4.78 is 19.6. The number of rotatable bonds is 2. The number of nitrogens with two attached hydrogens (primary N) is 1. The van der Waals surface area contributed by atoms with Crippen LogP contribution >= 0.6 is 23.2 Å². The molecule has 1 aliphatic rings. The van der Waals surface area contributed by atoms with Crippen LogP contribution in [-0.2, 0) is 6.42 Å². The summed E-state index contributed by atoms with van der Waals surface area (Å²) in [6, 6.07) is 5.60. The Bertz CT molecular complexity index is 721. The number of hydrogen-bond acceptors (Lipinski definition) is 3. The number of hydrogen-bond donors (Lipinski definition) is 2. The highest BCUT2D eigenvalue weighted by Gasteiger charge is 2.28. The van der Waals surface area contributed by atoms with Gasteiger partial charge in [0, 0.05) is 29.7 Å². The molecule has 0 fully saturated rings. The van der Waals surface area contributed by atoms with Gasteiger partial charge in [-0.15, -0.1) is 0 Å². The zero-order valence-corrected chi connectivity index (χ0v) is 12.4. The average molecular weight is 328 g/mol. The third-order valence-electron chi connectivity index (χ3n) is 3.47. The van der Waals surface area contributed by atoms with Crippen LogP contribution in [-0.4, -0.2) is 17.8 Å². The predicted molar refractivity (Wildman–Crippen MR) is 80.7 cm³/mol. The minimum absolute atomic E-state index is 0.0649. The van der Waals surface area contributed by atoms with Gasteiger partial charge in [-0.3, -0.25) is 0 Å². The summed E-state index contributed by atoms with van der Waals surface area (Å²) in [5, 5.41) is 10.1. The largest absolute Gasteiger partial charge is 0.506 e. The Hall–Kier alpha value is -1.49. The van der Waals surface area contributed by atoms with E-state index < -0.39 is 5.82 Å². The van der Waals surface area contributed by atoms with Crippen molar-refractivity contribution in [2.24, 2.45) is 5.73 Å². The maximum Gasteiger partial charge on any atom is 0.134 e. The molecule has 3 N–H and O–H groups in total. The Balaban J connectivity index is 2.24. The first-order valence-electron chi connectivity index (χ1n) is 6.37. The SMILES string of the molecule is NCC1Cc2cc(F)cc(-c3c(Cl)ccc(O)c3Cl)c2O1. The van der Waals surface area contributed by atoms with E-state index in [0.717, 1.165) is 5.56 Å². The summed E-state index contributed by atoms with van der Waals surface area (Å²) >= 11 is 12.3. The van der Waals surface area contributed by atoms with Crippen LogP contribution in [0.4, 0.5) is 4.39 Å². The van der Waals surface area contributed by atoms with Crippen molar-refractivity contribution in [1.29, 1.82) is 0 Å². The maximum absolute atomic E-state index is 13.9. The minimum Gasteiger partial charge on any atom is -0.506 e. The molecule has 0 amide bonds.